The molecule has 0 saturated heterocycles. The average Bonchev–Trinajstić information content (AvgIpc) is 2.37. The van der Waals surface area contributed by atoms with Crippen LogP contribution in [0, 0.1) is 6.92 Å². The third-order valence-corrected chi connectivity index (χ3v) is 3.13. The monoisotopic (exact) mass is 293 g/mol. The SMILES string of the molecule is Cc1ccc(NC(=O)N(CC(=O)O)C(C)C)cc1N(C)C. The van der Waals surface area contributed by atoms with Crippen molar-refractivity contribution in [1.82, 2.24) is 4.90 Å². The van der Waals surface area contributed by atoms with Crippen LogP contribution < -0.4 is 10.2 Å². The number of carboxylic acids is 1. The van der Waals surface area contributed by atoms with Gasteiger partial charge in [0.05, 0.1) is 0 Å². The molecule has 21 heavy (non-hydrogen) atoms. The quantitative estimate of drug-likeness (QED) is 0.874. The van der Waals surface area contributed by atoms with Crippen molar-refractivity contribution in [2.45, 2.75) is 26.8 Å². The number of benzene rings is 1. The molecule has 116 valence electrons. The highest BCUT2D eigenvalue weighted by molar-refractivity contribution is 5.92. The zero-order valence-electron chi connectivity index (χ0n) is 13.2. The fraction of sp³-hybridized carbons (Fsp3) is 0.467. The summed E-state index contributed by atoms with van der Waals surface area (Å²) in [4.78, 5) is 26.3. The first-order valence-electron chi connectivity index (χ1n) is 6.79. The molecule has 0 radical (unpaired) electrons. The van der Waals surface area contributed by atoms with Crippen LogP contribution in [0.3, 0.4) is 0 Å². The molecule has 1 aromatic rings. The van der Waals surface area contributed by atoms with Crippen molar-refractivity contribution in [3.63, 3.8) is 0 Å². The van der Waals surface area contributed by atoms with Crippen LogP contribution in [0.4, 0.5) is 16.2 Å². The zero-order valence-corrected chi connectivity index (χ0v) is 13.2. The van der Waals surface area contributed by atoms with Gasteiger partial charge in [-0.15, -0.1) is 0 Å². The summed E-state index contributed by atoms with van der Waals surface area (Å²) in [5.74, 6) is -1.03. The maximum atomic E-state index is 12.2. The number of hydrogen-bond donors (Lipinski definition) is 2. The zero-order chi connectivity index (χ0) is 16.2. The number of carbonyl (C=O) groups excluding carboxylic acids is 1. The molecule has 6 nitrogen and oxygen atoms in total. The van der Waals surface area contributed by atoms with Gasteiger partial charge < -0.3 is 20.2 Å². The summed E-state index contributed by atoms with van der Waals surface area (Å²) in [5.41, 5.74) is 2.75. The number of aryl methyl sites for hydroxylation is 1. The van der Waals surface area contributed by atoms with E-state index >= 15 is 0 Å². The number of carboxylic acid groups (broad SMARTS) is 1. The Bertz CT molecular complexity index is 527. The number of amides is 2. The van der Waals surface area contributed by atoms with E-state index in [1.54, 1.807) is 19.9 Å². The van der Waals surface area contributed by atoms with Gasteiger partial charge in [0.2, 0.25) is 0 Å². The van der Waals surface area contributed by atoms with Crippen molar-refractivity contribution in [3.8, 4) is 0 Å². The molecule has 2 N–H and O–H groups in total. The fourth-order valence-electron chi connectivity index (χ4n) is 2.00. The minimum absolute atomic E-state index is 0.195. The van der Waals surface area contributed by atoms with Gasteiger partial charge in [-0.3, -0.25) is 4.79 Å². The maximum absolute atomic E-state index is 12.2. The van der Waals surface area contributed by atoms with Crippen molar-refractivity contribution >= 4 is 23.4 Å². The number of aliphatic carboxylic acids is 1. The van der Waals surface area contributed by atoms with Crippen LogP contribution in [0.1, 0.15) is 19.4 Å². The van der Waals surface area contributed by atoms with E-state index in [1.807, 2.05) is 38.1 Å². The molecule has 0 unspecified atom stereocenters. The lowest BCUT2D eigenvalue weighted by molar-refractivity contribution is -0.137. The highest BCUT2D eigenvalue weighted by Gasteiger charge is 2.20. The van der Waals surface area contributed by atoms with Gasteiger partial charge in [0.1, 0.15) is 6.54 Å². The first-order chi connectivity index (χ1) is 9.72. The fourth-order valence-corrected chi connectivity index (χ4v) is 2.00. The molecule has 0 atom stereocenters. The van der Waals surface area contributed by atoms with Crippen LogP contribution >= 0.6 is 0 Å². The van der Waals surface area contributed by atoms with Crippen molar-refractivity contribution in [2.24, 2.45) is 0 Å². The Morgan fingerprint density at radius 2 is 1.90 bits per heavy atom. The molecule has 2 amide bonds. The number of anilines is 2. The molecule has 6 heteroatoms. The number of carbonyl (C=O) groups is 2. The van der Waals surface area contributed by atoms with Gasteiger partial charge >= 0.3 is 12.0 Å². The summed E-state index contributed by atoms with van der Waals surface area (Å²) >= 11 is 0. The minimum atomic E-state index is -1.03. The number of rotatable bonds is 5. The van der Waals surface area contributed by atoms with Gasteiger partial charge in [0.15, 0.2) is 0 Å². The summed E-state index contributed by atoms with van der Waals surface area (Å²) in [6, 6.07) is 4.98. The Balaban J connectivity index is 2.91. The first kappa shape index (κ1) is 16.8. The average molecular weight is 293 g/mol. The van der Waals surface area contributed by atoms with Gasteiger partial charge in [0.25, 0.3) is 0 Å². The van der Waals surface area contributed by atoms with Crippen LogP contribution in [-0.2, 0) is 4.79 Å². The van der Waals surface area contributed by atoms with Gasteiger partial charge in [-0.25, -0.2) is 4.79 Å². The smallest absolute Gasteiger partial charge is 0.323 e. The van der Waals surface area contributed by atoms with E-state index in [-0.39, 0.29) is 12.6 Å². The van der Waals surface area contributed by atoms with Crippen molar-refractivity contribution in [3.05, 3.63) is 23.8 Å². The number of nitrogens with one attached hydrogen (secondary N) is 1. The lowest BCUT2D eigenvalue weighted by atomic mass is 10.1. The number of nitrogens with zero attached hydrogens (tertiary/aromatic N) is 2. The molecule has 0 spiro atoms. The van der Waals surface area contributed by atoms with E-state index < -0.39 is 12.0 Å². The lowest BCUT2D eigenvalue weighted by Crippen LogP contribution is -2.43. The van der Waals surface area contributed by atoms with E-state index in [9.17, 15) is 9.59 Å². The van der Waals surface area contributed by atoms with E-state index in [1.165, 1.54) is 4.90 Å². The molecular weight excluding hydrogens is 270 g/mol. The summed E-state index contributed by atoms with van der Waals surface area (Å²) in [6.07, 6.45) is 0. The standard InChI is InChI=1S/C15H23N3O3/c1-10(2)18(9-14(19)20)15(21)16-12-7-6-11(3)13(8-12)17(4)5/h6-8,10H,9H2,1-5H3,(H,16,21)(H,19,20). The molecule has 0 aromatic heterocycles. The summed E-state index contributed by atoms with van der Waals surface area (Å²) < 4.78 is 0. The van der Waals surface area contributed by atoms with Crippen LogP contribution in [0.5, 0.6) is 0 Å². The van der Waals surface area contributed by atoms with Crippen molar-refractivity contribution in [1.29, 1.82) is 0 Å². The number of urea groups is 1. The molecule has 0 aliphatic heterocycles. The van der Waals surface area contributed by atoms with Gasteiger partial charge in [-0.05, 0) is 38.5 Å². The Morgan fingerprint density at radius 3 is 2.38 bits per heavy atom. The van der Waals surface area contributed by atoms with Gasteiger partial charge in [-0.1, -0.05) is 6.07 Å². The van der Waals surface area contributed by atoms with Crippen LogP contribution in [-0.4, -0.2) is 48.7 Å². The topological polar surface area (TPSA) is 72.9 Å². The second-order valence-electron chi connectivity index (χ2n) is 5.44. The Morgan fingerprint density at radius 1 is 1.29 bits per heavy atom. The van der Waals surface area contributed by atoms with E-state index in [0.29, 0.717) is 5.69 Å². The van der Waals surface area contributed by atoms with Crippen LogP contribution in [0.2, 0.25) is 0 Å². The third kappa shape index (κ3) is 4.66. The molecule has 0 heterocycles. The molecule has 1 aromatic carbocycles. The van der Waals surface area contributed by atoms with E-state index in [0.717, 1.165) is 11.3 Å². The molecule has 0 bridgehead atoms. The Hall–Kier alpha value is -2.24. The predicted octanol–water partition coefficient (Wildman–Crippen LogP) is 2.39. The van der Waals surface area contributed by atoms with Gasteiger partial charge in [0, 0.05) is 31.5 Å². The van der Waals surface area contributed by atoms with Gasteiger partial charge in [-0.2, -0.15) is 0 Å². The molecule has 1 rings (SSSR count). The highest BCUT2D eigenvalue weighted by atomic mass is 16.4. The molecule has 0 aliphatic rings. The lowest BCUT2D eigenvalue weighted by Gasteiger charge is -2.25. The minimum Gasteiger partial charge on any atom is -0.480 e. The summed E-state index contributed by atoms with van der Waals surface area (Å²) in [5, 5.41) is 11.6. The molecular formula is C15H23N3O3. The summed E-state index contributed by atoms with van der Waals surface area (Å²) in [6.45, 7) is 5.23. The van der Waals surface area contributed by atoms with Crippen molar-refractivity contribution in [2.75, 3.05) is 30.9 Å². The third-order valence-electron chi connectivity index (χ3n) is 3.13. The van der Waals surface area contributed by atoms with Crippen LogP contribution in [0.25, 0.3) is 0 Å². The maximum Gasteiger partial charge on any atom is 0.323 e. The van der Waals surface area contributed by atoms with E-state index in [4.69, 9.17) is 5.11 Å². The van der Waals surface area contributed by atoms with Crippen LogP contribution in [0.15, 0.2) is 18.2 Å². The highest BCUT2D eigenvalue weighted by Crippen LogP contribution is 2.22. The number of hydrogen-bond acceptors (Lipinski definition) is 3. The Labute approximate surface area is 125 Å². The Kier molecular flexibility index (Phi) is 5.58. The second-order valence-corrected chi connectivity index (χ2v) is 5.44. The normalized spacial score (nSPS) is 10.4. The molecule has 0 saturated carbocycles. The van der Waals surface area contributed by atoms with E-state index in [2.05, 4.69) is 5.32 Å². The second kappa shape index (κ2) is 6.97. The van der Waals surface area contributed by atoms with Crippen molar-refractivity contribution < 1.29 is 14.7 Å². The molecule has 0 fully saturated rings. The predicted molar refractivity (Wildman–Crippen MR) is 84.0 cm³/mol. The summed E-state index contributed by atoms with van der Waals surface area (Å²) in [7, 11) is 3.86. The largest absolute Gasteiger partial charge is 0.480 e. The molecule has 0 aliphatic carbocycles. The first-order valence-corrected chi connectivity index (χ1v) is 6.79.